The predicted octanol–water partition coefficient (Wildman–Crippen LogP) is 2.29. The van der Waals surface area contributed by atoms with Gasteiger partial charge < -0.3 is 9.47 Å². The number of methoxy groups -OCH3 is 1. The fourth-order valence-corrected chi connectivity index (χ4v) is 1.62. The van der Waals surface area contributed by atoms with E-state index in [0.717, 1.165) is 5.56 Å². The molecule has 0 fully saturated rings. The fraction of sp³-hybridized carbons (Fsp3) is 0.273. The molecular formula is C11H11BrO4. The first-order valence-corrected chi connectivity index (χ1v) is 5.66. The van der Waals surface area contributed by atoms with Gasteiger partial charge in [0.1, 0.15) is 5.75 Å². The average Bonchev–Trinajstić information content (AvgIpc) is 2.27. The molecule has 0 aliphatic rings. The largest absolute Gasteiger partial charge is 0.465 e. The lowest BCUT2D eigenvalue weighted by molar-refractivity contribution is -0.131. The van der Waals surface area contributed by atoms with Gasteiger partial charge in [0.25, 0.3) is 0 Å². The van der Waals surface area contributed by atoms with Gasteiger partial charge in [-0.05, 0) is 12.1 Å². The number of carbonyl (C=O) groups excluding carboxylic acids is 2. The first kappa shape index (κ1) is 12.7. The molecule has 4 nitrogen and oxygen atoms in total. The molecule has 0 bridgehead atoms. The molecule has 86 valence electrons. The molecule has 0 amide bonds. The van der Waals surface area contributed by atoms with Crippen LogP contribution in [0.2, 0.25) is 0 Å². The molecule has 1 aromatic rings. The third kappa shape index (κ3) is 3.06. The second kappa shape index (κ2) is 5.65. The maximum Gasteiger partial charge on any atom is 0.337 e. The lowest BCUT2D eigenvalue weighted by atomic mass is 10.1. The number of hydrogen-bond donors (Lipinski definition) is 0. The lowest BCUT2D eigenvalue weighted by Crippen LogP contribution is -2.06. The molecule has 0 spiro atoms. The van der Waals surface area contributed by atoms with Gasteiger partial charge in [-0.2, -0.15) is 0 Å². The summed E-state index contributed by atoms with van der Waals surface area (Å²) in [5.41, 5.74) is 1.14. The zero-order chi connectivity index (χ0) is 12.1. The first-order chi connectivity index (χ1) is 7.58. The van der Waals surface area contributed by atoms with Crippen molar-refractivity contribution in [1.29, 1.82) is 0 Å². The summed E-state index contributed by atoms with van der Waals surface area (Å²) in [5, 5.41) is 0.539. The second-order valence-electron chi connectivity index (χ2n) is 3.04. The molecule has 0 unspecified atom stereocenters. The average molecular weight is 287 g/mol. The Morgan fingerprint density at radius 3 is 2.56 bits per heavy atom. The summed E-state index contributed by atoms with van der Waals surface area (Å²) in [6, 6.07) is 4.82. The molecule has 0 saturated carbocycles. The molecule has 0 atom stereocenters. The van der Waals surface area contributed by atoms with Crippen molar-refractivity contribution >= 4 is 27.9 Å². The van der Waals surface area contributed by atoms with Crippen molar-refractivity contribution in [3.8, 4) is 5.75 Å². The number of rotatable bonds is 3. The highest BCUT2D eigenvalue weighted by Crippen LogP contribution is 2.23. The zero-order valence-electron chi connectivity index (χ0n) is 8.95. The van der Waals surface area contributed by atoms with Crippen LogP contribution >= 0.6 is 15.9 Å². The Morgan fingerprint density at radius 2 is 2.06 bits per heavy atom. The Hall–Kier alpha value is -1.36. The van der Waals surface area contributed by atoms with Crippen molar-refractivity contribution < 1.29 is 19.1 Å². The lowest BCUT2D eigenvalue weighted by Gasteiger charge is -2.08. The van der Waals surface area contributed by atoms with E-state index in [9.17, 15) is 9.59 Å². The summed E-state index contributed by atoms with van der Waals surface area (Å²) >= 11 is 3.27. The van der Waals surface area contributed by atoms with Gasteiger partial charge in [-0.15, -0.1) is 0 Å². The van der Waals surface area contributed by atoms with Gasteiger partial charge in [-0.1, -0.05) is 22.0 Å². The van der Waals surface area contributed by atoms with E-state index in [1.54, 1.807) is 12.1 Å². The number of halogens is 1. The fourth-order valence-electron chi connectivity index (χ4n) is 1.16. The van der Waals surface area contributed by atoms with Crippen molar-refractivity contribution in [2.24, 2.45) is 0 Å². The Labute approximate surface area is 102 Å². The Kier molecular flexibility index (Phi) is 4.49. The SMILES string of the molecule is COC(=O)c1ccc(CBr)c(OC(C)=O)c1. The summed E-state index contributed by atoms with van der Waals surface area (Å²) in [6.07, 6.45) is 0. The minimum Gasteiger partial charge on any atom is -0.465 e. The Bertz CT molecular complexity index is 414. The van der Waals surface area contributed by atoms with Crippen LogP contribution in [0.4, 0.5) is 0 Å². The Morgan fingerprint density at radius 1 is 1.38 bits per heavy atom. The molecule has 0 heterocycles. The number of esters is 2. The quantitative estimate of drug-likeness (QED) is 0.486. The second-order valence-corrected chi connectivity index (χ2v) is 3.60. The van der Waals surface area contributed by atoms with Gasteiger partial charge in [0, 0.05) is 17.8 Å². The molecule has 5 heteroatoms. The van der Waals surface area contributed by atoms with Gasteiger partial charge in [-0.25, -0.2) is 4.79 Å². The minimum atomic E-state index is -0.463. The van der Waals surface area contributed by atoms with Crippen LogP contribution in [0.25, 0.3) is 0 Å². The van der Waals surface area contributed by atoms with Crippen LogP contribution in [0, 0.1) is 0 Å². The number of hydrogen-bond acceptors (Lipinski definition) is 4. The van der Waals surface area contributed by atoms with Crippen LogP contribution < -0.4 is 4.74 Å². The van der Waals surface area contributed by atoms with Crippen molar-refractivity contribution in [2.45, 2.75) is 12.3 Å². The minimum absolute atomic E-state index is 0.350. The van der Waals surface area contributed by atoms with E-state index in [0.29, 0.717) is 16.6 Å². The van der Waals surface area contributed by atoms with Gasteiger partial charge in [0.2, 0.25) is 0 Å². The summed E-state index contributed by atoms with van der Waals surface area (Å²) in [6.45, 7) is 1.31. The van der Waals surface area contributed by atoms with Gasteiger partial charge in [0.15, 0.2) is 0 Å². The summed E-state index contributed by atoms with van der Waals surface area (Å²) < 4.78 is 9.57. The standard InChI is InChI=1S/C11H11BrO4/c1-7(13)16-10-5-8(11(14)15-2)3-4-9(10)6-12/h3-5H,6H2,1-2H3. The molecule has 0 saturated heterocycles. The molecule has 0 aromatic heterocycles. The van der Waals surface area contributed by atoms with Crippen LogP contribution in [0.1, 0.15) is 22.8 Å². The van der Waals surface area contributed by atoms with Gasteiger partial charge in [0.05, 0.1) is 12.7 Å². The monoisotopic (exact) mass is 286 g/mol. The van der Waals surface area contributed by atoms with E-state index in [4.69, 9.17) is 4.74 Å². The number of benzene rings is 1. The van der Waals surface area contributed by atoms with Crippen LogP contribution in [-0.4, -0.2) is 19.0 Å². The van der Waals surface area contributed by atoms with E-state index in [1.807, 2.05) is 0 Å². The molecule has 1 rings (SSSR count). The smallest absolute Gasteiger partial charge is 0.337 e. The predicted molar refractivity (Wildman–Crippen MR) is 61.7 cm³/mol. The molecule has 0 radical (unpaired) electrons. The van der Waals surface area contributed by atoms with Crippen molar-refractivity contribution in [1.82, 2.24) is 0 Å². The number of ether oxygens (including phenoxy) is 2. The third-order valence-corrected chi connectivity index (χ3v) is 2.49. The molecule has 16 heavy (non-hydrogen) atoms. The number of alkyl halides is 1. The van der Waals surface area contributed by atoms with Crippen LogP contribution in [0.3, 0.4) is 0 Å². The molecule has 0 aliphatic carbocycles. The maximum absolute atomic E-state index is 11.3. The molecule has 1 aromatic carbocycles. The van der Waals surface area contributed by atoms with E-state index < -0.39 is 11.9 Å². The van der Waals surface area contributed by atoms with Crippen molar-refractivity contribution in [3.63, 3.8) is 0 Å². The first-order valence-electron chi connectivity index (χ1n) is 4.54. The van der Waals surface area contributed by atoms with E-state index >= 15 is 0 Å². The van der Waals surface area contributed by atoms with E-state index in [-0.39, 0.29) is 0 Å². The van der Waals surface area contributed by atoms with Gasteiger partial charge in [-0.3, -0.25) is 4.79 Å². The molecule has 0 N–H and O–H groups in total. The van der Waals surface area contributed by atoms with Crippen molar-refractivity contribution in [2.75, 3.05) is 7.11 Å². The van der Waals surface area contributed by atoms with Crippen LogP contribution in [-0.2, 0) is 14.9 Å². The van der Waals surface area contributed by atoms with Crippen LogP contribution in [0.15, 0.2) is 18.2 Å². The zero-order valence-corrected chi connectivity index (χ0v) is 10.5. The Balaban J connectivity index is 3.10. The summed E-state index contributed by atoms with van der Waals surface area (Å²) in [4.78, 5) is 22.2. The van der Waals surface area contributed by atoms with Crippen LogP contribution in [0.5, 0.6) is 5.75 Å². The highest BCUT2D eigenvalue weighted by Gasteiger charge is 2.11. The van der Waals surface area contributed by atoms with E-state index in [2.05, 4.69) is 20.7 Å². The summed E-state index contributed by atoms with van der Waals surface area (Å²) in [5.74, 6) is -0.522. The van der Waals surface area contributed by atoms with E-state index in [1.165, 1.54) is 20.1 Å². The number of carbonyl (C=O) groups is 2. The molecule has 0 aliphatic heterocycles. The highest BCUT2D eigenvalue weighted by molar-refractivity contribution is 9.08. The highest BCUT2D eigenvalue weighted by atomic mass is 79.9. The summed E-state index contributed by atoms with van der Waals surface area (Å²) in [7, 11) is 1.30. The van der Waals surface area contributed by atoms with Crippen molar-refractivity contribution in [3.05, 3.63) is 29.3 Å². The topological polar surface area (TPSA) is 52.6 Å². The normalized spacial score (nSPS) is 9.69. The maximum atomic E-state index is 11.3. The molecular weight excluding hydrogens is 276 g/mol. The third-order valence-electron chi connectivity index (χ3n) is 1.89. The van der Waals surface area contributed by atoms with Gasteiger partial charge >= 0.3 is 11.9 Å².